The molecular weight excluding hydrogens is 270 g/mol. The molecule has 0 spiro atoms. The van der Waals surface area contributed by atoms with Crippen molar-refractivity contribution in [2.24, 2.45) is 4.99 Å². The van der Waals surface area contributed by atoms with Gasteiger partial charge in [0, 0.05) is 6.54 Å². The lowest BCUT2D eigenvalue weighted by Crippen LogP contribution is -2.47. The summed E-state index contributed by atoms with van der Waals surface area (Å²) in [6, 6.07) is 3.84. The van der Waals surface area contributed by atoms with Crippen molar-refractivity contribution in [2.75, 3.05) is 13.1 Å². The Hall–Kier alpha value is -1.53. The number of nitrogens with one attached hydrogen (secondary N) is 2. The first-order valence-corrected chi connectivity index (χ1v) is 7.68. The second-order valence-electron chi connectivity index (χ2n) is 5.61. The summed E-state index contributed by atoms with van der Waals surface area (Å²) < 4.78 is 11.0. The predicted molar refractivity (Wildman–Crippen MR) is 79.1 cm³/mol. The first-order valence-electron chi connectivity index (χ1n) is 7.68. The Morgan fingerprint density at radius 1 is 1.52 bits per heavy atom. The molecule has 6 heteroatoms. The van der Waals surface area contributed by atoms with Crippen LogP contribution in [0.15, 0.2) is 27.8 Å². The number of hydrogen-bond acceptors (Lipinski definition) is 4. The van der Waals surface area contributed by atoms with Crippen molar-refractivity contribution in [3.63, 3.8) is 0 Å². The second kappa shape index (κ2) is 6.49. The number of ether oxygens (including phenoxy) is 1. The highest BCUT2D eigenvalue weighted by molar-refractivity contribution is 5.80. The molecule has 0 saturated carbocycles. The Kier molecular flexibility index (Phi) is 4.45. The van der Waals surface area contributed by atoms with E-state index >= 15 is 0 Å². The number of hydrogen-bond donors (Lipinski definition) is 3. The van der Waals surface area contributed by atoms with E-state index in [0.29, 0.717) is 24.0 Å². The van der Waals surface area contributed by atoms with E-state index in [2.05, 4.69) is 15.6 Å². The van der Waals surface area contributed by atoms with Crippen molar-refractivity contribution in [3.8, 4) is 0 Å². The average Bonchev–Trinajstić information content (AvgIpc) is 3.21. The summed E-state index contributed by atoms with van der Waals surface area (Å²) in [5, 5.41) is 16.6. The van der Waals surface area contributed by atoms with E-state index in [1.54, 1.807) is 18.4 Å². The number of nitrogens with zero attached hydrogens (tertiary/aromatic N) is 1. The van der Waals surface area contributed by atoms with Crippen LogP contribution in [0.3, 0.4) is 0 Å². The Morgan fingerprint density at radius 3 is 3.05 bits per heavy atom. The number of aliphatic hydroxyl groups excluding tert-OH is 1. The van der Waals surface area contributed by atoms with E-state index in [0.717, 1.165) is 25.3 Å². The Bertz CT molecular complexity index is 475. The van der Waals surface area contributed by atoms with Crippen LogP contribution < -0.4 is 10.6 Å². The maximum absolute atomic E-state index is 10.0. The molecule has 3 rings (SSSR count). The average molecular weight is 293 g/mol. The number of guanidine groups is 1. The van der Waals surface area contributed by atoms with Gasteiger partial charge in [-0.15, -0.1) is 0 Å². The van der Waals surface area contributed by atoms with Crippen molar-refractivity contribution >= 4 is 5.96 Å². The van der Waals surface area contributed by atoms with Gasteiger partial charge in [-0.3, -0.25) is 4.99 Å². The number of aliphatic imine (C=N–C) groups is 1. The van der Waals surface area contributed by atoms with Gasteiger partial charge in [0.1, 0.15) is 11.9 Å². The standard InChI is InChI=1S/C15H23N3O3/c1-2-16-15(17-9-12(19)14-4-3-7-20-14)18-11-8-10-5-6-13(11)21-10/h3-4,7,10-13,19H,2,5-6,8-9H2,1H3,(H2,16,17,18). The van der Waals surface area contributed by atoms with Gasteiger partial charge in [0.2, 0.25) is 0 Å². The smallest absolute Gasteiger partial charge is 0.191 e. The molecule has 3 N–H and O–H groups in total. The summed E-state index contributed by atoms with van der Waals surface area (Å²) in [5.74, 6) is 1.27. The number of fused-ring (bicyclic) bond motifs is 2. The minimum atomic E-state index is -0.716. The lowest BCUT2D eigenvalue weighted by Gasteiger charge is -2.22. The monoisotopic (exact) mass is 293 g/mol. The van der Waals surface area contributed by atoms with Crippen LogP contribution in [0.2, 0.25) is 0 Å². The first kappa shape index (κ1) is 14.4. The van der Waals surface area contributed by atoms with Gasteiger partial charge < -0.3 is 24.9 Å². The zero-order chi connectivity index (χ0) is 14.7. The molecule has 0 radical (unpaired) electrons. The summed E-state index contributed by atoms with van der Waals surface area (Å²) in [6.07, 6.45) is 4.88. The van der Waals surface area contributed by atoms with Gasteiger partial charge in [-0.2, -0.15) is 0 Å². The van der Waals surface area contributed by atoms with Gasteiger partial charge in [0.05, 0.1) is 31.1 Å². The van der Waals surface area contributed by atoms with Crippen LogP contribution in [-0.2, 0) is 4.74 Å². The summed E-state index contributed by atoms with van der Waals surface area (Å²) in [4.78, 5) is 4.45. The molecule has 0 aromatic carbocycles. The molecule has 3 heterocycles. The summed E-state index contributed by atoms with van der Waals surface area (Å²) in [7, 11) is 0. The predicted octanol–water partition coefficient (Wildman–Crippen LogP) is 1.19. The molecule has 4 atom stereocenters. The van der Waals surface area contributed by atoms with Crippen molar-refractivity contribution in [3.05, 3.63) is 24.2 Å². The maximum atomic E-state index is 10.0. The van der Waals surface area contributed by atoms with Gasteiger partial charge in [-0.05, 0) is 38.3 Å². The van der Waals surface area contributed by atoms with Crippen LogP contribution in [-0.4, -0.2) is 42.4 Å². The van der Waals surface area contributed by atoms with E-state index in [1.807, 2.05) is 6.92 Å². The van der Waals surface area contributed by atoms with Crippen molar-refractivity contribution in [1.82, 2.24) is 10.6 Å². The highest BCUT2D eigenvalue weighted by Gasteiger charge is 2.41. The highest BCUT2D eigenvalue weighted by Crippen LogP contribution is 2.34. The summed E-state index contributed by atoms with van der Waals surface area (Å²) in [6.45, 7) is 3.08. The van der Waals surface area contributed by atoms with Crippen LogP contribution in [0.25, 0.3) is 0 Å². The van der Waals surface area contributed by atoms with Crippen molar-refractivity contribution in [1.29, 1.82) is 0 Å². The quantitative estimate of drug-likeness (QED) is 0.561. The van der Waals surface area contributed by atoms with Gasteiger partial charge >= 0.3 is 0 Å². The molecule has 2 fully saturated rings. The SMILES string of the molecule is CCNC(=NCC(O)c1ccco1)NC1CC2CCC1O2. The molecule has 21 heavy (non-hydrogen) atoms. The molecular formula is C15H23N3O3. The molecule has 0 amide bonds. The van der Waals surface area contributed by atoms with E-state index in [-0.39, 0.29) is 6.54 Å². The first-order chi connectivity index (χ1) is 10.3. The molecule has 1 aromatic heterocycles. The third kappa shape index (κ3) is 3.39. The van der Waals surface area contributed by atoms with Gasteiger partial charge in [-0.25, -0.2) is 0 Å². The summed E-state index contributed by atoms with van der Waals surface area (Å²) >= 11 is 0. The molecule has 2 aliphatic rings. The van der Waals surface area contributed by atoms with Crippen LogP contribution in [0.4, 0.5) is 0 Å². The van der Waals surface area contributed by atoms with Crippen LogP contribution in [0, 0.1) is 0 Å². The molecule has 4 unspecified atom stereocenters. The number of aliphatic hydroxyl groups is 1. The molecule has 2 saturated heterocycles. The van der Waals surface area contributed by atoms with E-state index in [4.69, 9.17) is 9.15 Å². The number of rotatable bonds is 5. The fourth-order valence-corrected chi connectivity index (χ4v) is 3.03. The van der Waals surface area contributed by atoms with E-state index in [9.17, 15) is 5.11 Å². The normalized spacial score (nSPS) is 29.6. The molecule has 2 bridgehead atoms. The third-order valence-electron chi connectivity index (χ3n) is 4.07. The van der Waals surface area contributed by atoms with Gasteiger partial charge in [0.25, 0.3) is 0 Å². The van der Waals surface area contributed by atoms with Gasteiger partial charge in [-0.1, -0.05) is 0 Å². The Morgan fingerprint density at radius 2 is 2.43 bits per heavy atom. The zero-order valence-corrected chi connectivity index (χ0v) is 12.3. The fourth-order valence-electron chi connectivity index (χ4n) is 3.03. The molecule has 2 aliphatic heterocycles. The molecule has 116 valence electrons. The van der Waals surface area contributed by atoms with Crippen LogP contribution in [0.1, 0.15) is 38.1 Å². The minimum absolute atomic E-state index is 0.268. The fraction of sp³-hybridized carbons (Fsp3) is 0.667. The Balaban J connectivity index is 1.57. The zero-order valence-electron chi connectivity index (χ0n) is 12.3. The highest BCUT2D eigenvalue weighted by atomic mass is 16.5. The summed E-state index contributed by atoms with van der Waals surface area (Å²) in [5.41, 5.74) is 0. The largest absolute Gasteiger partial charge is 0.467 e. The van der Waals surface area contributed by atoms with Gasteiger partial charge in [0.15, 0.2) is 5.96 Å². The molecule has 1 aromatic rings. The third-order valence-corrected chi connectivity index (χ3v) is 4.07. The Labute approximate surface area is 124 Å². The van der Waals surface area contributed by atoms with Crippen LogP contribution >= 0.6 is 0 Å². The lowest BCUT2D eigenvalue weighted by molar-refractivity contribution is 0.0992. The molecule has 6 nitrogen and oxygen atoms in total. The topological polar surface area (TPSA) is 79.0 Å². The molecule has 0 aliphatic carbocycles. The lowest BCUT2D eigenvalue weighted by atomic mass is 9.96. The second-order valence-corrected chi connectivity index (χ2v) is 5.61. The maximum Gasteiger partial charge on any atom is 0.191 e. The van der Waals surface area contributed by atoms with Crippen molar-refractivity contribution in [2.45, 2.75) is 50.5 Å². The van der Waals surface area contributed by atoms with Crippen LogP contribution in [0.5, 0.6) is 0 Å². The van der Waals surface area contributed by atoms with E-state index in [1.165, 1.54) is 6.42 Å². The van der Waals surface area contributed by atoms with Crippen molar-refractivity contribution < 1.29 is 14.3 Å². The number of furan rings is 1. The minimum Gasteiger partial charge on any atom is -0.467 e. The van der Waals surface area contributed by atoms with E-state index < -0.39 is 6.10 Å².